The zero-order chi connectivity index (χ0) is 14.0. The van der Waals surface area contributed by atoms with E-state index in [4.69, 9.17) is 14.2 Å². The molecule has 0 fully saturated rings. The van der Waals surface area contributed by atoms with Gasteiger partial charge in [0, 0.05) is 6.42 Å². The molecule has 0 heterocycles. The molecule has 0 amide bonds. The van der Waals surface area contributed by atoms with Gasteiger partial charge in [0.25, 0.3) is 0 Å². The van der Waals surface area contributed by atoms with Gasteiger partial charge in [-0.25, -0.2) is 0 Å². The smallest absolute Gasteiger partial charge is 0.305 e. The van der Waals surface area contributed by atoms with Crippen LogP contribution in [0, 0.1) is 0 Å². The predicted octanol–water partition coefficient (Wildman–Crippen LogP) is 3.29. The summed E-state index contributed by atoms with van der Waals surface area (Å²) >= 11 is 0. The molecular weight excluding hydrogens is 232 g/mol. The molecule has 2 unspecified atom stereocenters. The maximum atomic E-state index is 11.3. The molecule has 0 aliphatic rings. The summed E-state index contributed by atoms with van der Waals surface area (Å²) in [7, 11) is 0. The summed E-state index contributed by atoms with van der Waals surface area (Å²) in [5.41, 5.74) is 0. The van der Waals surface area contributed by atoms with E-state index >= 15 is 0 Å². The Kier molecular flexibility index (Phi) is 9.98. The van der Waals surface area contributed by atoms with E-state index in [0.717, 1.165) is 12.8 Å². The first kappa shape index (κ1) is 17.4. The van der Waals surface area contributed by atoms with Crippen LogP contribution in [-0.2, 0) is 19.0 Å². The number of carbonyl (C=O) groups is 1. The largest absolute Gasteiger partial charge is 0.466 e. The Hall–Kier alpha value is -0.610. The molecule has 108 valence electrons. The second-order valence-corrected chi connectivity index (χ2v) is 4.48. The average Bonchev–Trinajstić information content (AvgIpc) is 2.35. The third kappa shape index (κ3) is 8.48. The maximum Gasteiger partial charge on any atom is 0.305 e. The number of ether oxygens (including phenoxy) is 3. The summed E-state index contributed by atoms with van der Waals surface area (Å²) in [4.78, 5) is 11.3. The standard InChI is InChI=1S/C14H28O4/c1-6-11(4)17-14(18-12(5)7-2)10-9-13(15)16-8-3/h11-12,14H,6-10H2,1-5H3. The van der Waals surface area contributed by atoms with Crippen LogP contribution in [0.1, 0.15) is 60.3 Å². The monoisotopic (exact) mass is 260 g/mol. The fourth-order valence-electron chi connectivity index (χ4n) is 1.35. The minimum absolute atomic E-state index is 0.140. The Morgan fingerprint density at radius 3 is 1.89 bits per heavy atom. The van der Waals surface area contributed by atoms with Gasteiger partial charge >= 0.3 is 5.97 Å². The lowest BCUT2D eigenvalue weighted by molar-refractivity contribution is -0.194. The highest BCUT2D eigenvalue weighted by Crippen LogP contribution is 2.13. The van der Waals surface area contributed by atoms with Crippen LogP contribution in [0.4, 0.5) is 0 Å². The third-order valence-corrected chi connectivity index (χ3v) is 2.81. The molecule has 18 heavy (non-hydrogen) atoms. The number of esters is 1. The Balaban J connectivity index is 4.15. The first-order valence-corrected chi connectivity index (χ1v) is 6.99. The first-order valence-electron chi connectivity index (χ1n) is 6.99. The lowest BCUT2D eigenvalue weighted by atomic mass is 10.2. The van der Waals surface area contributed by atoms with Gasteiger partial charge in [0.05, 0.1) is 25.2 Å². The highest BCUT2D eigenvalue weighted by molar-refractivity contribution is 5.69. The second-order valence-electron chi connectivity index (χ2n) is 4.48. The summed E-state index contributed by atoms with van der Waals surface area (Å²) in [6.45, 7) is 10.4. The summed E-state index contributed by atoms with van der Waals surface area (Å²) in [5.74, 6) is -0.192. The Morgan fingerprint density at radius 2 is 1.50 bits per heavy atom. The molecule has 0 saturated heterocycles. The van der Waals surface area contributed by atoms with E-state index in [2.05, 4.69) is 13.8 Å². The Labute approximate surface area is 111 Å². The number of hydrogen-bond acceptors (Lipinski definition) is 4. The summed E-state index contributed by atoms with van der Waals surface area (Å²) in [5, 5.41) is 0. The molecule has 0 radical (unpaired) electrons. The highest BCUT2D eigenvalue weighted by Gasteiger charge is 2.17. The maximum absolute atomic E-state index is 11.3. The molecule has 0 aliphatic carbocycles. The molecule has 0 aliphatic heterocycles. The fourth-order valence-corrected chi connectivity index (χ4v) is 1.35. The molecule has 2 atom stereocenters. The van der Waals surface area contributed by atoms with Crippen molar-refractivity contribution in [3.63, 3.8) is 0 Å². The van der Waals surface area contributed by atoms with Crippen molar-refractivity contribution in [3.8, 4) is 0 Å². The van der Waals surface area contributed by atoms with E-state index in [1.807, 2.05) is 13.8 Å². The molecule has 0 rings (SSSR count). The predicted molar refractivity (Wildman–Crippen MR) is 71.3 cm³/mol. The van der Waals surface area contributed by atoms with E-state index < -0.39 is 0 Å². The molecule has 4 nitrogen and oxygen atoms in total. The normalized spacial score (nSPS) is 16.1. The van der Waals surface area contributed by atoms with Gasteiger partial charge in [-0.1, -0.05) is 13.8 Å². The summed E-state index contributed by atoms with van der Waals surface area (Å²) < 4.78 is 16.4. The van der Waals surface area contributed by atoms with Crippen LogP contribution < -0.4 is 0 Å². The van der Waals surface area contributed by atoms with Gasteiger partial charge in [0.15, 0.2) is 6.29 Å². The van der Waals surface area contributed by atoms with Gasteiger partial charge in [-0.3, -0.25) is 4.79 Å². The molecular formula is C14H28O4. The van der Waals surface area contributed by atoms with Gasteiger partial charge in [-0.2, -0.15) is 0 Å². The van der Waals surface area contributed by atoms with Crippen LogP contribution >= 0.6 is 0 Å². The molecule has 4 heteroatoms. The summed E-state index contributed by atoms with van der Waals surface area (Å²) in [6.07, 6.45) is 2.71. The molecule has 0 N–H and O–H groups in total. The van der Waals surface area contributed by atoms with Crippen molar-refractivity contribution >= 4 is 5.97 Å². The van der Waals surface area contributed by atoms with Crippen LogP contribution in [0.2, 0.25) is 0 Å². The van der Waals surface area contributed by atoms with Crippen molar-refractivity contribution in [3.05, 3.63) is 0 Å². The van der Waals surface area contributed by atoms with Crippen LogP contribution in [-0.4, -0.2) is 31.1 Å². The molecule has 0 saturated carbocycles. The van der Waals surface area contributed by atoms with Crippen molar-refractivity contribution in [1.29, 1.82) is 0 Å². The number of carbonyl (C=O) groups excluding carboxylic acids is 1. The van der Waals surface area contributed by atoms with Crippen molar-refractivity contribution < 1.29 is 19.0 Å². The van der Waals surface area contributed by atoms with Gasteiger partial charge in [-0.05, 0) is 33.6 Å². The molecule has 0 aromatic rings. The van der Waals surface area contributed by atoms with Crippen molar-refractivity contribution in [1.82, 2.24) is 0 Å². The van der Waals surface area contributed by atoms with E-state index in [-0.39, 0.29) is 24.5 Å². The third-order valence-electron chi connectivity index (χ3n) is 2.81. The van der Waals surface area contributed by atoms with Crippen LogP contribution in [0.15, 0.2) is 0 Å². The van der Waals surface area contributed by atoms with E-state index in [0.29, 0.717) is 19.4 Å². The van der Waals surface area contributed by atoms with Crippen LogP contribution in [0.5, 0.6) is 0 Å². The van der Waals surface area contributed by atoms with Crippen LogP contribution in [0.25, 0.3) is 0 Å². The minimum atomic E-state index is -0.320. The highest BCUT2D eigenvalue weighted by atomic mass is 16.7. The van der Waals surface area contributed by atoms with E-state index in [1.54, 1.807) is 6.92 Å². The first-order chi connectivity index (χ1) is 8.53. The van der Waals surface area contributed by atoms with E-state index in [1.165, 1.54) is 0 Å². The van der Waals surface area contributed by atoms with Gasteiger partial charge < -0.3 is 14.2 Å². The quantitative estimate of drug-likeness (QED) is 0.446. The van der Waals surface area contributed by atoms with Crippen molar-refractivity contribution in [2.75, 3.05) is 6.61 Å². The van der Waals surface area contributed by atoms with Crippen molar-refractivity contribution in [2.24, 2.45) is 0 Å². The second kappa shape index (κ2) is 10.3. The zero-order valence-corrected chi connectivity index (χ0v) is 12.4. The number of hydrogen-bond donors (Lipinski definition) is 0. The number of rotatable bonds is 10. The van der Waals surface area contributed by atoms with E-state index in [9.17, 15) is 4.79 Å². The molecule has 0 aromatic heterocycles. The van der Waals surface area contributed by atoms with Gasteiger partial charge in [0.1, 0.15) is 0 Å². The van der Waals surface area contributed by atoms with Gasteiger partial charge in [0.2, 0.25) is 0 Å². The topological polar surface area (TPSA) is 44.8 Å². The SMILES string of the molecule is CCOC(=O)CCC(OC(C)CC)OC(C)CC. The van der Waals surface area contributed by atoms with Crippen LogP contribution in [0.3, 0.4) is 0 Å². The summed E-state index contributed by atoms with van der Waals surface area (Å²) in [6, 6.07) is 0. The zero-order valence-electron chi connectivity index (χ0n) is 12.4. The lowest BCUT2D eigenvalue weighted by Crippen LogP contribution is -2.27. The van der Waals surface area contributed by atoms with Gasteiger partial charge in [-0.15, -0.1) is 0 Å². The molecule has 0 bridgehead atoms. The molecule has 0 aromatic carbocycles. The fraction of sp³-hybridized carbons (Fsp3) is 0.929. The minimum Gasteiger partial charge on any atom is -0.466 e. The molecule has 0 spiro atoms. The Morgan fingerprint density at radius 1 is 1.00 bits per heavy atom. The lowest BCUT2D eigenvalue weighted by Gasteiger charge is -2.24. The van der Waals surface area contributed by atoms with Crippen molar-refractivity contribution in [2.45, 2.75) is 78.8 Å². The average molecular weight is 260 g/mol. The Bertz CT molecular complexity index is 206.